The van der Waals surface area contributed by atoms with Crippen LogP contribution in [0.1, 0.15) is 11.6 Å². The van der Waals surface area contributed by atoms with Crippen molar-refractivity contribution in [1.82, 2.24) is 0 Å². The second-order valence-corrected chi connectivity index (χ2v) is 5.57. The molecule has 2 aromatic carbocycles. The van der Waals surface area contributed by atoms with E-state index in [1.54, 1.807) is 36.4 Å². The van der Waals surface area contributed by atoms with Gasteiger partial charge in [0.1, 0.15) is 5.82 Å². The molecule has 0 amide bonds. The van der Waals surface area contributed by atoms with Crippen LogP contribution in [0.5, 0.6) is 0 Å². The molecule has 0 saturated heterocycles. The summed E-state index contributed by atoms with van der Waals surface area (Å²) in [6, 6.07) is 10.5. The monoisotopic (exact) mass is 371 g/mol. The lowest BCUT2D eigenvalue weighted by molar-refractivity contribution is -0.141. The standard InChI is InChI=1S/C15H12BrClFNO2/c1-21-15(20)14(9-2-7-12(16)13(18)8-9)19-11-5-3-10(17)4-6-11/h2-8,14,19H,1H3. The van der Waals surface area contributed by atoms with Gasteiger partial charge in [-0.05, 0) is 57.9 Å². The molecule has 21 heavy (non-hydrogen) atoms. The number of carbonyl (C=O) groups excluding carboxylic acids is 1. The highest BCUT2D eigenvalue weighted by Gasteiger charge is 2.22. The molecule has 0 aliphatic carbocycles. The van der Waals surface area contributed by atoms with Gasteiger partial charge in [0.15, 0.2) is 6.04 Å². The maximum absolute atomic E-state index is 13.7. The summed E-state index contributed by atoms with van der Waals surface area (Å²) in [5, 5.41) is 3.59. The maximum Gasteiger partial charge on any atom is 0.332 e. The number of esters is 1. The van der Waals surface area contributed by atoms with E-state index in [1.807, 2.05) is 0 Å². The Kier molecular flexibility index (Phi) is 5.20. The molecule has 3 nitrogen and oxygen atoms in total. The number of hydrogen-bond donors (Lipinski definition) is 1. The highest BCUT2D eigenvalue weighted by Crippen LogP contribution is 2.25. The smallest absolute Gasteiger partial charge is 0.332 e. The largest absolute Gasteiger partial charge is 0.467 e. The fourth-order valence-corrected chi connectivity index (χ4v) is 2.17. The molecule has 1 unspecified atom stereocenters. The van der Waals surface area contributed by atoms with Crippen molar-refractivity contribution in [3.63, 3.8) is 0 Å². The minimum Gasteiger partial charge on any atom is -0.467 e. The Labute approximate surface area is 135 Å². The first-order chi connectivity index (χ1) is 10.0. The molecule has 2 aromatic rings. The molecule has 6 heteroatoms. The molecular weight excluding hydrogens is 361 g/mol. The average molecular weight is 373 g/mol. The van der Waals surface area contributed by atoms with Crippen LogP contribution in [0.15, 0.2) is 46.9 Å². The van der Waals surface area contributed by atoms with E-state index >= 15 is 0 Å². The van der Waals surface area contributed by atoms with Crippen molar-refractivity contribution in [2.45, 2.75) is 6.04 Å². The van der Waals surface area contributed by atoms with Crippen molar-refractivity contribution in [1.29, 1.82) is 0 Å². The van der Waals surface area contributed by atoms with Crippen LogP contribution < -0.4 is 5.32 Å². The molecule has 1 atom stereocenters. The third-order valence-electron chi connectivity index (χ3n) is 2.87. The highest BCUT2D eigenvalue weighted by molar-refractivity contribution is 9.10. The average Bonchev–Trinajstić information content (AvgIpc) is 2.49. The van der Waals surface area contributed by atoms with Crippen molar-refractivity contribution in [3.05, 3.63) is 63.3 Å². The molecule has 0 aliphatic heterocycles. The van der Waals surface area contributed by atoms with Gasteiger partial charge < -0.3 is 10.1 Å². The molecule has 0 radical (unpaired) electrons. The lowest BCUT2D eigenvalue weighted by atomic mass is 10.1. The van der Waals surface area contributed by atoms with Gasteiger partial charge in [-0.1, -0.05) is 17.7 Å². The Balaban J connectivity index is 2.31. The van der Waals surface area contributed by atoms with Gasteiger partial charge in [0.25, 0.3) is 0 Å². The minimum atomic E-state index is -0.807. The van der Waals surface area contributed by atoms with E-state index in [0.29, 0.717) is 20.7 Å². The Morgan fingerprint density at radius 2 is 1.95 bits per heavy atom. The van der Waals surface area contributed by atoms with E-state index in [-0.39, 0.29) is 0 Å². The molecule has 0 heterocycles. The van der Waals surface area contributed by atoms with E-state index in [0.717, 1.165) is 0 Å². The predicted octanol–water partition coefficient (Wildman–Crippen LogP) is 4.57. The van der Waals surface area contributed by atoms with E-state index < -0.39 is 17.8 Å². The van der Waals surface area contributed by atoms with Crippen LogP contribution in [0.4, 0.5) is 10.1 Å². The lowest BCUT2D eigenvalue weighted by Crippen LogP contribution is -2.22. The summed E-state index contributed by atoms with van der Waals surface area (Å²) in [5.74, 6) is -0.953. The van der Waals surface area contributed by atoms with E-state index in [2.05, 4.69) is 21.2 Å². The third-order valence-corrected chi connectivity index (χ3v) is 3.76. The second kappa shape index (κ2) is 6.91. The Bertz CT molecular complexity index is 649. The first kappa shape index (κ1) is 15.8. The van der Waals surface area contributed by atoms with Crippen molar-refractivity contribution in [3.8, 4) is 0 Å². The summed E-state index contributed by atoms with van der Waals surface area (Å²) in [6.45, 7) is 0. The number of halogens is 3. The zero-order chi connectivity index (χ0) is 15.4. The van der Waals surface area contributed by atoms with Crippen molar-refractivity contribution in [2.24, 2.45) is 0 Å². The van der Waals surface area contributed by atoms with Gasteiger partial charge in [-0.3, -0.25) is 0 Å². The van der Waals surface area contributed by atoms with Gasteiger partial charge in [0.05, 0.1) is 11.6 Å². The Morgan fingerprint density at radius 1 is 1.29 bits per heavy atom. The van der Waals surface area contributed by atoms with Crippen LogP contribution in [-0.2, 0) is 9.53 Å². The molecule has 2 rings (SSSR count). The van der Waals surface area contributed by atoms with Crippen LogP contribution in [0.2, 0.25) is 5.02 Å². The van der Waals surface area contributed by atoms with Crippen LogP contribution in [0.25, 0.3) is 0 Å². The quantitative estimate of drug-likeness (QED) is 0.799. The topological polar surface area (TPSA) is 38.3 Å². The Hall–Kier alpha value is -1.59. The van der Waals surface area contributed by atoms with E-state index in [4.69, 9.17) is 16.3 Å². The summed E-state index contributed by atoms with van der Waals surface area (Å²) in [5.41, 5.74) is 1.15. The van der Waals surface area contributed by atoms with Gasteiger partial charge in [-0.2, -0.15) is 0 Å². The zero-order valence-electron chi connectivity index (χ0n) is 11.1. The molecule has 0 saturated carbocycles. The van der Waals surface area contributed by atoms with Crippen LogP contribution in [-0.4, -0.2) is 13.1 Å². The van der Waals surface area contributed by atoms with Gasteiger partial charge in [-0.25, -0.2) is 9.18 Å². The summed E-state index contributed by atoms with van der Waals surface area (Å²) >= 11 is 8.90. The maximum atomic E-state index is 13.7. The molecule has 0 fully saturated rings. The molecule has 110 valence electrons. The zero-order valence-corrected chi connectivity index (χ0v) is 13.4. The Morgan fingerprint density at radius 3 is 2.52 bits per heavy atom. The number of ether oxygens (including phenoxy) is 1. The predicted molar refractivity (Wildman–Crippen MR) is 83.9 cm³/mol. The lowest BCUT2D eigenvalue weighted by Gasteiger charge is -2.18. The van der Waals surface area contributed by atoms with E-state index in [1.165, 1.54) is 13.2 Å². The van der Waals surface area contributed by atoms with Gasteiger partial charge >= 0.3 is 5.97 Å². The van der Waals surface area contributed by atoms with Gasteiger partial charge in [0.2, 0.25) is 0 Å². The first-order valence-electron chi connectivity index (χ1n) is 6.06. The number of rotatable bonds is 4. The fraction of sp³-hybridized carbons (Fsp3) is 0.133. The highest BCUT2D eigenvalue weighted by atomic mass is 79.9. The molecule has 1 N–H and O–H groups in total. The van der Waals surface area contributed by atoms with Crippen LogP contribution in [0, 0.1) is 5.82 Å². The van der Waals surface area contributed by atoms with Gasteiger partial charge in [0, 0.05) is 10.7 Å². The SMILES string of the molecule is COC(=O)C(Nc1ccc(Cl)cc1)c1ccc(Br)c(F)c1. The summed E-state index contributed by atoms with van der Waals surface area (Å²) in [7, 11) is 1.29. The molecule has 0 bridgehead atoms. The van der Waals surface area contributed by atoms with Crippen LogP contribution >= 0.6 is 27.5 Å². The molecular formula is C15H12BrClFNO2. The first-order valence-corrected chi connectivity index (χ1v) is 7.23. The number of methoxy groups -OCH3 is 1. The normalized spacial score (nSPS) is 11.8. The van der Waals surface area contributed by atoms with Gasteiger partial charge in [-0.15, -0.1) is 0 Å². The second-order valence-electron chi connectivity index (χ2n) is 4.28. The minimum absolute atomic E-state index is 0.335. The molecule has 0 aromatic heterocycles. The number of nitrogens with one attached hydrogen (secondary N) is 1. The third kappa shape index (κ3) is 3.95. The number of carbonyl (C=O) groups is 1. The van der Waals surface area contributed by atoms with E-state index in [9.17, 15) is 9.18 Å². The number of hydrogen-bond acceptors (Lipinski definition) is 3. The van der Waals surface area contributed by atoms with Crippen molar-refractivity contribution >= 4 is 39.2 Å². The molecule has 0 aliphatic rings. The number of benzene rings is 2. The summed E-state index contributed by atoms with van der Waals surface area (Å²) in [4.78, 5) is 11.9. The summed E-state index contributed by atoms with van der Waals surface area (Å²) in [6.07, 6.45) is 0. The van der Waals surface area contributed by atoms with Crippen LogP contribution in [0.3, 0.4) is 0 Å². The fourth-order valence-electron chi connectivity index (χ4n) is 1.80. The summed E-state index contributed by atoms with van der Waals surface area (Å²) < 4.78 is 18.8. The number of anilines is 1. The molecule has 0 spiro atoms. The van der Waals surface area contributed by atoms with Crippen molar-refractivity contribution < 1.29 is 13.9 Å². The van der Waals surface area contributed by atoms with Crippen molar-refractivity contribution in [2.75, 3.05) is 12.4 Å².